The maximum Gasteiger partial charge on any atom is 0.417 e. The fraction of sp³-hybridized carbons (Fsp3) is 0.462. The van der Waals surface area contributed by atoms with Gasteiger partial charge in [0, 0.05) is 11.4 Å². The van der Waals surface area contributed by atoms with Crippen molar-refractivity contribution in [3.63, 3.8) is 0 Å². The van der Waals surface area contributed by atoms with Crippen molar-refractivity contribution in [2.24, 2.45) is 11.8 Å². The van der Waals surface area contributed by atoms with Crippen LogP contribution in [0.3, 0.4) is 0 Å². The Morgan fingerprint density at radius 1 is 1.28 bits per heavy atom. The lowest BCUT2D eigenvalue weighted by molar-refractivity contribution is -0.139. The first-order valence-corrected chi connectivity index (χ1v) is 7.16. The Balaban J connectivity index is 2.38. The number of nitrogens with one attached hydrogen (secondary N) is 1. The molecule has 5 heteroatoms. The van der Waals surface area contributed by atoms with E-state index in [-0.39, 0.29) is 0 Å². The van der Waals surface area contributed by atoms with Crippen molar-refractivity contribution < 1.29 is 13.2 Å². The highest BCUT2D eigenvalue weighted by Gasteiger charge is 2.34. The second-order valence-corrected chi connectivity index (χ2v) is 6.40. The lowest BCUT2D eigenvalue weighted by Crippen LogP contribution is -2.15. The number of rotatable bonds is 2. The zero-order chi connectivity index (χ0) is 13.3. The molecule has 0 bridgehead atoms. The zero-order valence-corrected chi connectivity index (χ0v) is 11.1. The molecule has 1 aromatic carbocycles. The van der Waals surface area contributed by atoms with Gasteiger partial charge in [-0.2, -0.15) is 13.2 Å². The summed E-state index contributed by atoms with van der Waals surface area (Å²) in [5.41, 5.74) is -0.526. The fourth-order valence-corrected chi connectivity index (χ4v) is 4.07. The van der Waals surface area contributed by atoms with Crippen molar-refractivity contribution in [3.8, 4) is 0 Å². The number of benzene rings is 1. The van der Waals surface area contributed by atoms with E-state index in [1.165, 1.54) is 6.07 Å². The minimum atomic E-state index is -4.28. The summed E-state index contributed by atoms with van der Waals surface area (Å²) in [5, 5.41) is 2.02. The minimum Gasteiger partial charge on any atom is -0.265 e. The molecule has 1 nitrogen and oxygen atoms in total. The molecule has 0 aromatic heterocycles. The van der Waals surface area contributed by atoms with E-state index in [4.69, 9.17) is 0 Å². The van der Waals surface area contributed by atoms with E-state index >= 15 is 0 Å². The molecule has 2 atom stereocenters. The molecule has 0 amide bonds. The van der Waals surface area contributed by atoms with Gasteiger partial charge in [-0.15, -0.1) is 0 Å². The molecular formula is C13H16F3NS. The molecule has 1 aromatic rings. The van der Waals surface area contributed by atoms with Gasteiger partial charge in [0.15, 0.2) is 0 Å². The van der Waals surface area contributed by atoms with Crippen LogP contribution in [0.2, 0.25) is 0 Å². The van der Waals surface area contributed by atoms with Gasteiger partial charge in [0.1, 0.15) is 0 Å². The summed E-state index contributed by atoms with van der Waals surface area (Å²) in [7, 11) is -0.594. The Morgan fingerprint density at radius 2 is 1.94 bits per heavy atom. The van der Waals surface area contributed by atoms with Gasteiger partial charge in [-0.25, -0.2) is 0 Å². The molecule has 1 heterocycles. The summed E-state index contributed by atoms with van der Waals surface area (Å²) in [6, 6.07) is 5.82. The second-order valence-electron chi connectivity index (χ2n) is 4.72. The van der Waals surface area contributed by atoms with Crippen LogP contribution in [0.25, 0.3) is 0 Å². The van der Waals surface area contributed by atoms with Gasteiger partial charge in [0.25, 0.3) is 0 Å². The summed E-state index contributed by atoms with van der Waals surface area (Å²) in [6.07, 6.45) is -4.28. The number of hydrogen-bond donors (Lipinski definition) is 1. The largest absolute Gasteiger partial charge is 0.417 e. The summed E-state index contributed by atoms with van der Waals surface area (Å²) < 4.78 is 41.9. The van der Waals surface area contributed by atoms with E-state index < -0.39 is 22.4 Å². The molecule has 0 spiro atoms. The zero-order valence-electron chi connectivity index (χ0n) is 10.3. The van der Waals surface area contributed by atoms with Crippen LogP contribution >= 0.6 is 10.7 Å². The summed E-state index contributed by atoms with van der Waals surface area (Å²) in [4.78, 5) is 0.355. The van der Waals surface area contributed by atoms with Crippen LogP contribution in [0.1, 0.15) is 19.4 Å². The maximum atomic E-state index is 12.9. The van der Waals surface area contributed by atoms with Gasteiger partial charge >= 0.3 is 6.18 Å². The SMILES string of the molecule is CC(C)C1C=S(c2ccccc2C(F)(F)F)NC1. The average molecular weight is 275 g/mol. The van der Waals surface area contributed by atoms with Crippen molar-refractivity contribution in [2.75, 3.05) is 6.54 Å². The van der Waals surface area contributed by atoms with Gasteiger partial charge in [0.05, 0.1) is 5.56 Å². The van der Waals surface area contributed by atoms with Gasteiger partial charge in [-0.1, -0.05) is 36.7 Å². The highest BCUT2D eigenvalue weighted by atomic mass is 32.2. The van der Waals surface area contributed by atoms with Crippen molar-refractivity contribution in [1.82, 2.24) is 4.72 Å². The molecule has 2 rings (SSSR count). The molecule has 0 fully saturated rings. The molecule has 100 valence electrons. The first-order valence-electron chi connectivity index (χ1n) is 5.87. The number of alkyl halides is 3. The molecule has 0 saturated heterocycles. The predicted molar refractivity (Wildman–Crippen MR) is 69.7 cm³/mol. The van der Waals surface area contributed by atoms with Crippen LogP contribution in [0.5, 0.6) is 0 Å². The fourth-order valence-electron chi connectivity index (χ4n) is 1.89. The van der Waals surface area contributed by atoms with Crippen LogP contribution in [0.15, 0.2) is 29.2 Å². The third-order valence-electron chi connectivity index (χ3n) is 3.07. The van der Waals surface area contributed by atoms with Crippen LogP contribution in [-0.2, 0) is 6.18 Å². The number of halogens is 3. The van der Waals surface area contributed by atoms with Crippen molar-refractivity contribution in [2.45, 2.75) is 24.9 Å². The van der Waals surface area contributed by atoms with Gasteiger partial charge in [-0.3, -0.25) is 4.72 Å². The number of hydrogen-bond acceptors (Lipinski definition) is 1. The second kappa shape index (κ2) is 5.05. The third kappa shape index (κ3) is 2.78. The highest BCUT2D eigenvalue weighted by Crippen LogP contribution is 2.40. The van der Waals surface area contributed by atoms with Gasteiger partial charge in [0.2, 0.25) is 0 Å². The lowest BCUT2D eigenvalue weighted by atomic mass is 9.99. The minimum absolute atomic E-state index is 0.342. The topological polar surface area (TPSA) is 12.0 Å². The van der Waals surface area contributed by atoms with E-state index in [0.717, 1.165) is 12.6 Å². The van der Waals surface area contributed by atoms with E-state index in [1.54, 1.807) is 12.1 Å². The molecule has 1 aliphatic heterocycles. The Kier molecular flexibility index (Phi) is 3.82. The van der Waals surface area contributed by atoms with Crippen molar-refractivity contribution >= 4 is 16.0 Å². The van der Waals surface area contributed by atoms with Crippen molar-refractivity contribution in [1.29, 1.82) is 0 Å². The molecule has 1 aliphatic rings. The molecule has 0 saturated carbocycles. The maximum absolute atomic E-state index is 12.9. The van der Waals surface area contributed by atoms with Crippen molar-refractivity contribution in [3.05, 3.63) is 29.8 Å². The third-order valence-corrected chi connectivity index (χ3v) is 5.00. The summed E-state index contributed by atoms with van der Waals surface area (Å²) >= 11 is 0. The lowest BCUT2D eigenvalue weighted by Gasteiger charge is -2.14. The van der Waals surface area contributed by atoms with Crippen LogP contribution in [0, 0.1) is 11.8 Å². The van der Waals surface area contributed by atoms with E-state index in [2.05, 4.69) is 18.6 Å². The van der Waals surface area contributed by atoms with Gasteiger partial charge in [-0.05, 0) is 29.3 Å². The Hall–Kier alpha value is -0.810. The van der Waals surface area contributed by atoms with Gasteiger partial charge < -0.3 is 0 Å². The molecular weight excluding hydrogens is 259 g/mol. The molecule has 0 radical (unpaired) electrons. The van der Waals surface area contributed by atoms with Crippen LogP contribution in [-0.4, -0.2) is 11.9 Å². The quantitative estimate of drug-likeness (QED) is 0.806. The molecule has 0 aliphatic carbocycles. The van der Waals surface area contributed by atoms with E-state index in [1.807, 2.05) is 5.37 Å². The van der Waals surface area contributed by atoms with Crippen LogP contribution in [0.4, 0.5) is 13.2 Å². The smallest absolute Gasteiger partial charge is 0.265 e. The Bertz CT molecular complexity index is 466. The van der Waals surface area contributed by atoms with E-state index in [0.29, 0.717) is 16.7 Å². The first kappa shape index (κ1) is 13.6. The molecule has 2 unspecified atom stereocenters. The summed E-state index contributed by atoms with van der Waals surface area (Å²) in [5.74, 6) is 0.794. The highest BCUT2D eigenvalue weighted by molar-refractivity contribution is 8.13. The Morgan fingerprint density at radius 3 is 2.50 bits per heavy atom. The Labute approximate surface area is 107 Å². The predicted octanol–water partition coefficient (Wildman–Crippen LogP) is 3.93. The summed E-state index contributed by atoms with van der Waals surface area (Å²) in [6.45, 7) is 4.93. The molecule has 1 N–H and O–H groups in total. The standard InChI is InChI=1S/C13H16F3NS/c1-9(2)10-7-17-18(8-10)12-6-4-3-5-11(12)13(14,15)16/h3-6,8-10,17H,7H2,1-2H3. The van der Waals surface area contributed by atoms with Crippen LogP contribution < -0.4 is 4.72 Å². The monoisotopic (exact) mass is 275 g/mol. The average Bonchev–Trinajstić information content (AvgIpc) is 2.77. The normalized spacial score (nSPS) is 24.3. The first-order chi connectivity index (χ1) is 8.39. The van der Waals surface area contributed by atoms with E-state index in [9.17, 15) is 13.2 Å². The molecule has 18 heavy (non-hydrogen) atoms.